The number of nitrogens with zero attached hydrogens (tertiary/aromatic N) is 3. The molecule has 1 aliphatic heterocycles. The van der Waals surface area contributed by atoms with Gasteiger partial charge in [-0.05, 0) is 31.3 Å². The zero-order valence-electron chi connectivity index (χ0n) is 17.8. The Labute approximate surface area is 159 Å². The van der Waals surface area contributed by atoms with Crippen LogP contribution in [-0.2, 0) is 9.53 Å². The molecule has 0 aromatic rings. The molecule has 152 valence electrons. The Bertz CT molecular complexity index is 459. The van der Waals surface area contributed by atoms with Crippen molar-refractivity contribution < 1.29 is 9.53 Å². The van der Waals surface area contributed by atoms with Gasteiger partial charge in [0.1, 0.15) is 6.54 Å². The van der Waals surface area contributed by atoms with Crippen molar-refractivity contribution in [2.75, 3.05) is 53.9 Å². The van der Waals surface area contributed by atoms with Crippen LogP contribution in [-0.4, -0.2) is 87.7 Å². The van der Waals surface area contributed by atoms with Crippen LogP contribution < -0.4 is 10.6 Å². The summed E-state index contributed by atoms with van der Waals surface area (Å²) < 4.78 is 5.61. The lowest BCUT2D eigenvalue weighted by molar-refractivity contribution is -0.127. The van der Waals surface area contributed by atoms with Gasteiger partial charge in [-0.3, -0.25) is 9.69 Å². The molecule has 2 unspecified atom stereocenters. The predicted octanol–water partition coefficient (Wildman–Crippen LogP) is 1.16. The van der Waals surface area contributed by atoms with Crippen LogP contribution in [0.1, 0.15) is 40.5 Å². The second kappa shape index (κ2) is 10.7. The van der Waals surface area contributed by atoms with E-state index in [1.54, 1.807) is 26.1 Å². The molecule has 7 nitrogen and oxygen atoms in total. The van der Waals surface area contributed by atoms with Crippen molar-refractivity contribution in [3.05, 3.63) is 0 Å². The Morgan fingerprint density at radius 2 is 2.04 bits per heavy atom. The molecule has 1 amide bonds. The first kappa shape index (κ1) is 22.7. The van der Waals surface area contributed by atoms with Gasteiger partial charge in [-0.1, -0.05) is 27.7 Å². The highest BCUT2D eigenvalue weighted by atomic mass is 16.5. The Balaban J connectivity index is 2.68. The number of ether oxygens (including phenoxy) is 1. The van der Waals surface area contributed by atoms with Crippen molar-refractivity contribution >= 4 is 11.9 Å². The minimum absolute atomic E-state index is 0.0127. The summed E-state index contributed by atoms with van der Waals surface area (Å²) in [7, 11) is 5.22. The predicted molar refractivity (Wildman–Crippen MR) is 108 cm³/mol. The summed E-state index contributed by atoms with van der Waals surface area (Å²) >= 11 is 0. The number of hydrogen-bond acceptors (Lipinski definition) is 4. The third kappa shape index (κ3) is 7.50. The maximum absolute atomic E-state index is 11.9. The topological polar surface area (TPSA) is 69.2 Å². The molecule has 7 heteroatoms. The van der Waals surface area contributed by atoms with Gasteiger partial charge in [-0.25, -0.2) is 4.99 Å². The highest BCUT2D eigenvalue weighted by Crippen LogP contribution is 2.21. The number of rotatable bonds is 8. The number of carbonyl (C=O) groups is 1. The number of likely N-dealkylation sites (N-methyl/N-ethyl adjacent to an activating group) is 2. The first-order valence-corrected chi connectivity index (χ1v) is 9.68. The molecule has 1 saturated heterocycles. The highest BCUT2D eigenvalue weighted by Gasteiger charge is 2.25. The fraction of sp³-hybridized carbons (Fsp3) is 0.895. The quantitative estimate of drug-likeness (QED) is 0.496. The number of carbonyl (C=O) groups excluding carboxylic acids is 1. The van der Waals surface area contributed by atoms with Gasteiger partial charge in [0.05, 0.1) is 6.10 Å². The molecule has 1 aliphatic rings. The van der Waals surface area contributed by atoms with E-state index in [0.29, 0.717) is 18.5 Å². The summed E-state index contributed by atoms with van der Waals surface area (Å²) in [6, 6.07) is 0.525. The Kier molecular flexibility index (Phi) is 9.36. The summed E-state index contributed by atoms with van der Waals surface area (Å²) in [6.45, 7) is 12.5. The normalized spacial score (nSPS) is 20.1. The number of amides is 1. The zero-order chi connectivity index (χ0) is 19.7. The maximum Gasteiger partial charge on any atom is 0.243 e. The summed E-state index contributed by atoms with van der Waals surface area (Å²) in [4.78, 5) is 20.4. The molecule has 0 aromatic heterocycles. The zero-order valence-corrected chi connectivity index (χ0v) is 17.8. The third-order valence-electron chi connectivity index (χ3n) is 4.99. The summed E-state index contributed by atoms with van der Waals surface area (Å²) in [6.07, 6.45) is 2.50. The monoisotopic (exact) mass is 369 g/mol. The lowest BCUT2D eigenvalue weighted by Crippen LogP contribution is -2.48. The largest absolute Gasteiger partial charge is 0.379 e. The van der Waals surface area contributed by atoms with E-state index in [4.69, 9.17) is 4.74 Å². The molecular formula is C19H39N5O2. The van der Waals surface area contributed by atoms with Gasteiger partial charge < -0.3 is 20.3 Å². The van der Waals surface area contributed by atoms with Crippen molar-refractivity contribution in [3.63, 3.8) is 0 Å². The van der Waals surface area contributed by atoms with Crippen molar-refractivity contribution in [2.45, 2.75) is 52.7 Å². The Morgan fingerprint density at radius 3 is 2.58 bits per heavy atom. The van der Waals surface area contributed by atoms with Crippen LogP contribution >= 0.6 is 0 Å². The van der Waals surface area contributed by atoms with Gasteiger partial charge in [0.15, 0.2) is 5.96 Å². The second-order valence-electron chi connectivity index (χ2n) is 8.23. The Morgan fingerprint density at radius 1 is 1.35 bits per heavy atom. The van der Waals surface area contributed by atoms with E-state index in [1.807, 2.05) is 0 Å². The molecule has 0 spiro atoms. The van der Waals surface area contributed by atoms with Crippen LogP contribution in [0.25, 0.3) is 0 Å². The number of guanidine groups is 1. The minimum atomic E-state index is -0.0127. The lowest BCUT2D eigenvalue weighted by atomic mass is 9.89. The van der Waals surface area contributed by atoms with Crippen LogP contribution in [0.2, 0.25) is 0 Å². The fourth-order valence-corrected chi connectivity index (χ4v) is 3.15. The van der Waals surface area contributed by atoms with Gasteiger partial charge in [-0.15, -0.1) is 0 Å². The van der Waals surface area contributed by atoms with Crippen molar-refractivity contribution in [1.29, 1.82) is 0 Å². The van der Waals surface area contributed by atoms with Crippen LogP contribution in [0.5, 0.6) is 0 Å². The smallest absolute Gasteiger partial charge is 0.243 e. The van der Waals surface area contributed by atoms with Crippen LogP contribution in [0.3, 0.4) is 0 Å². The minimum Gasteiger partial charge on any atom is -0.379 e. The van der Waals surface area contributed by atoms with E-state index < -0.39 is 0 Å². The first-order valence-electron chi connectivity index (χ1n) is 9.68. The first-order chi connectivity index (χ1) is 12.2. The van der Waals surface area contributed by atoms with Crippen LogP contribution in [0, 0.1) is 5.41 Å². The molecule has 2 N–H and O–H groups in total. The molecule has 1 rings (SSSR count). The fourth-order valence-electron chi connectivity index (χ4n) is 3.15. The summed E-state index contributed by atoms with van der Waals surface area (Å²) in [5, 5.41) is 6.78. The number of methoxy groups -OCH3 is 1. The molecular weight excluding hydrogens is 330 g/mol. The van der Waals surface area contributed by atoms with E-state index in [9.17, 15) is 4.79 Å². The van der Waals surface area contributed by atoms with Crippen molar-refractivity contribution in [1.82, 2.24) is 20.4 Å². The van der Waals surface area contributed by atoms with Crippen LogP contribution in [0.4, 0.5) is 0 Å². The van der Waals surface area contributed by atoms with Gasteiger partial charge in [0.25, 0.3) is 0 Å². The van der Waals surface area contributed by atoms with Gasteiger partial charge in [-0.2, -0.15) is 0 Å². The van der Waals surface area contributed by atoms with E-state index in [-0.39, 0.29) is 24.0 Å². The Hall–Kier alpha value is -1.34. The molecule has 0 aliphatic carbocycles. The number of likely N-dealkylation sites (tertiary alicyclic amines) is 1. The summed E-state index contributed by atoms with van der Waals surface area (Å²) in [5.41, 5.74) is 0.0246. The van der Waals surface area contributed by atoms with E-state index >= 15 is 0 Å². The van der Waals surface area contributed by atoms with Gasteiger partial charge in [0, 0.05) is 40.3 Å². The molecule has 2 atom stereocenters. The number of hydrogen-bond donors (Lipinski definition) is 2. The van der Waals surface area contributed by atoms with Gasteiger partial charge in [0.2, 0.25) is 5.91 Å². The molecule has 0 bridgehead atoms. The number of aliphatic imine (C=N–C) groups is 1. The molecule has 1 fully saturated rings. The average molecular weight is 370 g/mol. The molecule has 1 heterocycles. The lowest BCUT2D eigenvalue weighted by Gasteiger charge is -2.30. The van der Waals surface area contributed by atoms with Crippen LogP contribution in [0.15, 0.2) is 4.99 Å². The van der Waals surface area contributed by atoms with Crippen molar-refractivity contribution in [2.24, 2.45) is 10.4 Å². The SMILES string of the molecule is CCN1CCCC1CNC(=NCC(=O)N(C)C)NCC(OC)C(C)(C)C. The van der Waals surface area contributed by atoms with E-state index in [2.05, 4.69) is 48.2 Å². The van der Waals surface area contributed by atoms with Crippen molar-refractivity contribution in [3.8, 4) is 0 Å². The highest BCUT2D eigenvalue weighted by molar-refractivity contribution is 5.84. The maximum atomic E-state index is 11.9. The van der Waals surface area contributed by atoms with E-state index in [1.165, 1.54) is 12.8 Å². The molecule has 0 aromatic carbocycles. The average Bonchev–Trinajstić information content (AvgIpc) is 3.02. The molecule has 0 saturated carbocycles. The van der Waals surface area contributed by atoms with E-state index in [0.717, 1.165) is 19.6 Å². The third-order valence-corrected chi connectivity index (χ3v) is 4.99. The molecule has 0 radical (unpaired) electrons. The number of nitrogens with one attached hydrogen (secondary N) is 2. The summed E-state index contributed by atoms with van der Waals surface area (Å²) in [5.74, 6) is 0.663. The van der Waals surface area contributed by atoms with Gasteiger partial charge >= 0.3 is 0 Å². The molecule has 26 heavy (non-hydrogen) atoms. The standard InChI is InChI=1S/C19H39N5O2/c1-8-24-11-9-10-15(24)12-20-18(22-14-17(25)23(5)6)21-13-16(26-7)19(2,3)4/h15-16H,8-14H2,1-7H3,(H2,20,21,22). The second-order valence-corrected chi connectivity index (χ2v) is 8.23.